The standard InChI is InChI=1S/C10H12ClNO2/c1-13-10-4-3-8(7-9(10)11)5-6-12-14-2/h3-4,6-7H,5H2,1-2H3. The van der Waals surface area contributed by atoms with Gasteiger partial charge in [0, 0.05) is 12.6 Å². The Hall–Kier alpha value is -1.22. The number of hydrogen-bond acceptors (Lipinski definition) is 3. The molecule has 0 atom stereocenters. The van der Waals surface area contributed by atoms with Gasteiger partial charge in [-0.25, -0.2) is 0 Å². The fourth-order valence-corrected chi connectivity index (χ4v) is 1.33. The average molecular weight is 214 g/mol. The molecule has 1 rings (SSSR count). The zero-order valence-corrected chi connectivity index (χ0v) is 8.91. The van der Waals surface area contributed by atoms with Gasteiger partial charge < -0.3 is 9.57 Å². The van der Waals surface area contributed by atoms with E-state index in [1.165, 1.54) is 7.11 Å². The molecule has 0 heterocycles. The monoisotopic (exact) mass is 213 g/mol. The zero-order chi connectivity index (χ0) is 10.4. The summed E-state index contributed by atoms with van der Waals surface area (Å²) in [6, 6.07) is 5.62. The molecule has 0 aliphatic carbocycles. The van der Waals surface area contributed by atoms with Crippen molar-refractivity contribution in [3.05, 3.63) is 28.8 Å². The minimum atomic E-state index is 0.607. The summed E-state index contributed by atoms with van der Waals surface area (Å²) < 4.78 is 5.04. The SMILES string of the molecule is CON=CCc1ccc(OC)c(Cl)c1. The van der Waals surface area contributed by atoms with Gasteiger partial charge in [-0.3, -0.25) is 0 Å². The number of hydrogen-bond donors (Lipinski definition) is 0. The van der Waals surface area contributed by atoms with Crippen LogP contribution in [0.2, 0.25) is 5.02 Å². The molecule has 0 amide bonds. The summed E-state index contributed by atoms with van der Waals surface area (Å²) >= 11 is 5.94. The Labute approximate surface area is 88.3 Å². The summed E-state index contributed by atoms with van der Waals surface area (Å²) in [7, 11) is 3.10. The van der Waals surface area contributed by atoms with Gasteiger partial charge in [0.1, 0.15) is 12.9 Å². The van der Waals surface area contributed by atoms with Gasteiger partial charge in [0.15, 0.2) is 0 Å². The molecular weight excluding hydrogens is 202 g/mol. The van der Waals surface area contributed by atoms with Crippen LogP contribution in [0.3, 0.4) is 0 Å². The topological polar surface area (TPSA) is 30.8 Å². The second kappa shape index (κ2) is 5.50. The first-order valence-electron chi connectivity index (χ1n) is 4.15. The van der Waals surface area contributed by atoms with Gasteiger partial charge >= 0.3 is 0 Å². The van der Waals surface area contributed by atoms with Crippen molar-refractivity contribution in [2.45, 2.75) is 6.42 Å². The van der Waals surface area contributed by atoms with Crippen LogP contribution in [-0.4, -0.2) is 20.4 Å². The second-order valence-electron chi connectivity index (χ2n) is 2.64. The summed E-state index contributed by atoms with van der Waals surface area (Å²) in [5.74, 6) is 0.680. The molecule has 76 valence electrons. The largest absolute Gasteiger partial charge is 0.495 e. The van der Waals surface area contributed by atoms with Crippen LogP contribution in [0.15, 0.2) is 23.4 Å². The number of nitrogens with zero attached hydrogens (tertiary/aromatic N) is 1. The highest BCUT2D eigenvalue weighted by Gasteiger charge is 2.00. The lowest BCUT2D eigenvalue weighted by Gasteiger charge is -2.03. The van der Waals surface area contributed by atoms with Gasteiger partial charge in [-0.15, -0.1) is 0 Å². The fraction of sp³-hybridized carbons (Fsp3) is 0.300. The second-order valence-corrected chi connectivity index (χ2v) is 3.05. The van der Waals surface area contributed by atoms with Crippen LogP contribution >= 0.6 is 11.6 Å². The molecule has 0 aliphatic heterocycles. The molecule has 0 radical (unpaired) electrons. The van der Waals surface area contributed by atoms with Crippen molar-refractivity contribution in [2.24, 2.45) is 5.16 Å². The van der Waals surface area contributed by atoms with E-state index < -0.39 is 0 Å². The van der Waals surface area contributed by atoms with E-state index in [1.807, 2.05) is 18.2 Å². The predicted octanol–water partition coefficient (Wildman–Crippen LogP) is 2.52. The quantitative estimate of drug-likeness (QED) is 0.569. The number of rotatable bonds is 4. The summed E-state index contributed by atoms with van der Waals surface area (Å²) in [5, 5.41) is 4.25. The summed E-state index contributed by atoms with van der Waals surface area (Å²) in [6.07, 6.45) is 2.37. The average Bonchev–Trinajstić information content (AvgIpc) is 2.18. The molecule has 0 aliphatic rings. The Morgan fingerprint density at radius 3 is 2.79 bits per heavy atom. The van der Waals surface area contributed by atoms with Crippen molar-refractivity contribution in [1.29, 1.82) is 0 Å². The fourth-order valence-electron chi connectivity index (χ4n) is 1.05. The summed E-state index contributed by atoms with van der Waals surface area (Å²) in [6.45, 7) is 0. The van der Waals surface area contributed by atoms with E-state index in [4.69, 9.17) is 16.3 Å². The molecule has 1 aromatic carbocycles. The minimum Gasteiger partial charge on any atom is -0.495 e. The molecule has 4 heteroatoms. The third-order valence-corrected chi connectivity index (χ3v) is 2.02. The van der Waals surface area contributed by atoms with Gasteiger partial charge in [-0.1, -0.05) is 22.8 Å². The molecule has 1 aromatic rings. The van der Waals surface area contributed by atoms with Gasteiger partial charge in [0.05, 0.1) is 12.1 Å². The number of halogens is 1. The molecule has 0 saturated carbocycles. The van der Waals surface area contributed by atoms with E-state index in [-0.39, 0.29) is 0 Å². The molecule has 0 bridgehead atoms. The first-order valence-corrected chi connectivity index (χ1v) is 4.53. The van der Waals surface area contributed by atoms with E-state index >= 15 is 0 Å². The van der Waals surface area contributed by atoms with Crippen LogP contribution in [0, 0.1) is 0 Å². The van der Waals surface area contributed by atoms with Crippen molar-refractivity contribution >= 4 is 17.8 Å². The number of ether oxygens (including phenoxy) is 1. The van der Waals surface area contributed by atoms with Crippen LogP contribution in [0.25, 0.3) is 0 Å². The minimum absolute atomic E-state index is 0.607. The first kappa shape index (κ1) is 10.9. The van der Waals surface area contributed by atoms with Gasteiger partial charge in [0.25, 0.3) is 0 Å². The van der Waals surface area contributed by atoms with Gasteiger partial charge in [0.2, 0.25) is 0 Å². The van der Waals surface area contributed by atoms with Crippen molar-refractivity contribution in [3.63, 3.8) is 0 Å². The third kappa shape index (κ3) is 2.92. The van der Waals surface area contributed by atoms with Crippen molar-refractivity contribution < 1.29 is 9.57 Å². The van der Waals surface area contributed by atoms with Crippen LogP contribution < -0.4 is 4.74 Å². The Morgan fingerprint density at radius 2 is 2.21 bits per heavy atom. The van der Waals surface area contributed by atoms with Gasteiger partial charge in [-0.2, -0.15) is 0 Å². The van der Waals surface area contributed by atoms with Crippen LogP contribution in [0.5, 0.6) is 5.75 Å². The summed E-state index contributed by atoms with van der Waals surface area (Å²) in [4.78, 5) is 4.55. The van der Waals surface area contributed by atoms with Crippen LogP contribution in [0.4, 0.5) is 0 Å². The highest BCUT2D eigenvalue weighted by atomic mass is 35.5. The van der Waals surface area contributed by atoms with Crippen molar-refractivity contribution in [3.8, 4) is 5.75 Å². The maximum atomic E-state index is 5.94. The molecule has 0 saturated heterocycles. The Morgan fingerprint density at radius 1 is 1.43 bits per heavy atom. The maximum absolute atomic E-state index is 5.94. The molecule has 14 heavy (non-hydrogen) atoms. The highest BCUT2D eigenvalue weighted by Crippen LogP contribution is 2.24. The zero-order valence-electron chi connectivity index (χ0n) is 8.16. The molecule has 0 unspecified atom stereocenters. The summed E-state index contributed by atoms with van der Waals surface area (Å²) in [5.41, 5.74) is 1.07. The predicted molar refractivity (Wildman–Crippen MR) is 57.2 cm³/mol. The molecular formula is C10H12ClNO2. The Bertz CT molecular complexity index is 326. The lowest BCUT2D eigenvalue weighted by atomic mass is 10.1. The van der Waals surface area contributed by atoms with Crippen molar-refractivity contribution in [1.82, 2.24) is 0 Å². The lowest BCUT2D eigenvalue weighted by molar-refractivity contribution is 0.215. The number of benzene rings is 1. The molecule has 0 N–H and O–H groups in total. The van der Waals surface area contributed by atoms with E-state index in [0.717, 1.165) is 5.56 Å². The Kier molecular flexibility index (Phi) is 4.26. The first-order chi connectivity index (χ1) is 6.77. The molecule has 0 fully saturated rings. The van der Waals surface area contributed by atoms with E-state index in [9.17, 15) is 0 Å². The smallest absolute Gasteiger partial charge is 0.137 e. The van der Waals surface area contributed by atoms with Gasteiger partial charge in [-0.05, 0) is 17.7 Å². The number of oxime groups is 1. The molecule has 3 nitrogen and oxygen atoms in total. The molecule has 0 aromatic heterocycles. The third-order valence-electron chi connectivity index (χ3n) is 1.72. The Balaban J connectivity index is 2.71. The van der Waals surface area contributed by atoms with Crippen molar-refractivity contribution in [2.75, 3.05) is 14.2 Å². The van der Waals surface area contributed by atoms with Crippen LogP contribution in [0.1, 0.15) is 5.56 Å². The maximum Gasteiger partial charge on any atom is 0.137 e. The normalized spacial score (nSPS) is 10.5. The lowest BCUT2D eigenvalue weighted by Crippen LogP contribution is -1.89. The van der Waals surface area contributed by atoms with Crippen LogP contribution in [-0.2, 0) is 11.3 Å². The van der Waals surface area contributed by atoms with E-state index in [0.29, 0.717) is 17.2 Å². The highest BCUT2D eigenvalue weighted by molar-refractivity contribution is 6.32. The van der Waals surface area contributed by atoms with E-state index in [2.05, 4.69) is 9.99 Å². The molecule has 0 spiro atoms. The van der Waals surface area contributed by atoms with E-state index in [1.54, 1.807) is 13.3 Å². The number of methoxy groups -OCH3 is 1.